The van der Waals surface area contributed by atoms with Gasteiger partial charge in [-0.05, 0) is 31.0 Å². The second-order valence-electron chi connectivity index (χ2n) is 3.36. The number of rotatable bonds is 5. The third kappa shape index (κ3) is 4.41. The lowest BCUT2D eigenvalue weighted by Gasteiger charge is -2.05. The zero-order valence-electron chi connectivity index (χ0n) is 8.67. The lowest BCUT2D eigenvalue weighted by molar-refractivity contribution is -0.116. The van der Waals surface area contributed by atoms with E-state index in [1.165, 1.54) is 12.1 Å². The molecule has 1 aromatic carbocycles. The van der Waals surface area contributed by atoms with Crippen LogP contribution >= 0.6 is 27.5 Å². The Balaban J connectivity index is 2.46. The Kier molecular flexibility index (Phi) is 5.63. The molecule has 1 aromatic rings. The summed E-state index contributed by atoms with van der Waals surface area (Å²) < 4.78 is 0. The van der Waals surface area contributed by atoms with Gasteiger partial charge in [0, 0.05) is 17.4 Å². The number of benzene rings is 1. The summed E-state index contributed by atoms with van der Waals surface area (Å²) in [5, 5.41) is 13.1. The predicted molar refractivity (Wildman–Crippen MR) is 69.4 cm³/mol. The number of aromatic hydroxyl groups is 1. The molecule has 0 bridgehead atoms. The van der Waals surface area contributed by atoms with Gasteiger partial charge in [-0.2, -0.15) is 0 Å². The molecule has 0 unspecified atom stereocenters. The van der Waals surface area contributed by atoms with E-state index in [2.05, 4.69) is 21.2 Å². The first-order valence-corrected chi connectivity index (χ1v) is 6.47. The second-order valence-corrected chi connectivity index (χ2v) is 4.56. The van der Waals surface area contributed by atoms with Crippen molar-refractivity contribution in [3.63, 3.8) is 0 Å². The predicted octanol–water partition coefficient (Wildman–Crippen LogP) is 3.55. The van der Waals surface area contributed by atoms with E-state index in [0.29, 0.717) is 12.1 Å². The number of hydrogen-bond donors (Lipinski definition) is 2. The maximum absolute atomic E-state index is 11.5. The van der Waals surface area contributed by atoms with Gasteiger partial charge >= 0.3 is 0 Å². The van der Waals surface area contributed by atoms with Gasteiger partial charge in [0.15, 0.2) is 0 Å². The van der Waals surface area contributed by atoms with Crippen molar-refractivity contribution in [3.8, 4) is 5.75 Å². The van der Waals surface area contributed by atoms with Crippen molar-refractivity contribution in [2.75, 3.05) is 10.6 Å². The lowest BCUT2D eigenvalue weighted by atomic mass is 10.2. The average Bonchev–Trinajstić information content (AvgIpc) is 2.24. The van der Waals surface area contributed by atoms with Crippen LogP contribution in [0.3, 0.4) is 0 Å². The average molecular weight is 307 g/mol. The summed E-state index contributed by atoms with van der Waals surface area (Å²) in [5.74, 6) is -0.0262. The normalized spacial score (nSPS) is 10.1. The van der Waals surface area contributed by atoms with Crippen LogP contribution in [0, 0.1) is 0 Å². The van der Waals surface area contributed by atoms with Gasteiger partial charge in [0.1, 0.15) is 5.75 Å². The first kappa shape index (κ1) is 13.3. The van der Waals surface area contributed by atoms with Crippen LogP contribution in [0.25, 0.3) is 0 Å². The Morgan fingerprint density at radius 1 is 1.44 bits per heavy atom. The second kappa shape index (κ2) is 6.76. The number of halogens is 2. The zero-order valence-corrected chi connectivity index (χ0v) is 11.0. The van der Waals surface area contributed by atoms with E-state index in [9.17, 15) is 9.90 Å². The van der Waals surface area contributed by atoms with Crippen LogP contribution in [0.4, 0.5) is 5.69 Å². The van der Waals surface area contributed by atoms with E-state index in [1.54, 1.807) is 6.07 Å². The van der Waals surface area contributed by atoms with Crippen LogP contribution in [0.5, 0.6) is 5.75 Å². The van der Waals surface area contributed by atoms with Crippen molar-refractivity contribution < 1.29 is 9.90 Å². The molecule has 0 aliphatic heterocycles. The number of anilines is 1. The minimum absolute atomic E-state index is 0.0129. The molecule has 0 spiro atoms. The summed E-state index contributed by atoms with van der Waals surface area (Å²) in [7, 11) is 0. The van der Waals surface area contributed by atoms with E-state index in [1.807, 2.05) is 0 Å². The number of nitrogens with one attached hydrogen (secondary N) is 1. The molecule has 0 radical (unpaired) electrons. The van der Waals surface area contributed by atoms with Gasteiger partial charge in [0.2, 0.25) is 5.91 Å². The maximum atomic E-state index is 11.5. The van der Waals surface area contributed by atoms with E-state index in [-0.39, 0.29) is 16.7 Å². The maximum Gasteiger partial charge on any atom is 0.224 e. The van der Waals surface area contributed by atoms with Crippen LogP contribution in [-0.4, -0.2) is 16.3 Å². The van der Waals surface area contributed by atoms with Gasteiger partial charge in [-0.1, -0.05) is 27.5 Å². The van der Waals surface area contributed by atoms with Gasteiger partial charge in [-0.25, -0.2) is 0 Å². The Labute approximate surface area is 108 Å². The highest BCUT2D eigenvalue weighted by Gasteiger charge is 2.04. The molecule has 0 fully saturated rings. The Morgan fingerprint density at radius 2 is 2.19 bits per heavy atom. The van der Waals surface area contributed by atoms with Crippen LogP contribution in [-0.2, 0) is 4.79 Å². The number of hydrogen-bond acceptors (Lipinski definition) is 2. The molecule has 0 aliphatic rings. The molecule has 0 aromatic heterocycles. The first-order chi connectivity index (χ1) is 7.63. The largest absolute Gasteiger partial charge is 0.506 e. The minimum Gasteiger partial charge on any atom is -0.506 e. The van der Waals surface area contributed by atoms with E-state index >= 15 is 0 Å². The standard InChI is InChI=1S/C11H13BrClNO2/c12-6-2-1-3-11(16)14-8-4-5-10(15)9(13)7-8/h4-5,7,15H,1-3,6H2,(H,14,16). The molecule has 0 saturated heterocycles. The summed E-state index contributed by atoms with van der Waals surface area (Å²) in [6.45, 7) is 0. The zero-order chi connectivity index (χ0) is 12.0. The molecule has 88 valence electrons. The molecule has 0 heterocycles. The van der Waals surface area contributed by atoms with Crippen molar-refractivity contribution in [2.24, 2.45) is 0 Å². The Morgan fingerprint density at radius 3 is 2.81 bits per heavy atom. The van der Waals surface area contributed by atoms with Crippen molar-refractivity contribution in [3.05, 3.63) is 23.2 Å². The fraction of sp³-hybridized carbons (Fsp3) is 0.364. The topological polar surface area (TPSA) is 49.3 Å². The summed E-state index contributed by atoms with van der Waals surface area (Å²) >= 11 is 9.02. The van der Waals surface area contributed by atoms with Gasteiger partial charge < -0.3 is 10.4 Å². The van der Waals surface area contributed by atoms with Crippen LogP contribution in [0.2, 0.25) is 5.02 Å². The highest BCUT2D eigenvalue weighted by Crippen LogP contribution is 2.26. The highest BCUT2D eigenvalue weighted by molar-refractivity contribution is 9.09. The number of amides is 1. The highest BCUT2D eigenvalue weighted by atomic mass is 79.9. The third-order valence-electron chi connectivity index (χ3n) is 2.02. The summed E-state index contributed by atoms with van der Waals surface area (Å²) in [4.78, 5) is 11.5. The molecule has 0 atom stereocenters. The Bertz CT molecular complexity index is 371. The third-order valence-corrected chi connectivity index (χ3v) is 2.88. The van der Waals surface area contributed by atoms with E-state index in [4.69, 9.17) is 11.6 Å². The fourth-order valence-corrected chi connectivity index (χ4v) is 1.77. The molecule has 16 heavy (non-hydrogen) atoms. The molecule has 5 heteroatoms. The number of unbranched alkanes of at least 4 members (excludes halogenated alkanes) is 1. The number of phenols is 1. The molecular formula is C11H13BrClNO2. The minimum atomic E-state index is -0.0392. The summed E-state index contributed by atoms with van der Waals surface area (Å²) in [6, 6.07) is 4.60. The first-order valence-electron chi connectivity index (χ1n) is 4.98. The molecular weight excluding hydrogens is 293 g/mol. The number of carbonyl (C=O) groups excluding carboxylic acids is 1. The quantitative estimate of drug-likeness (QED) is 0.496. The van der Waals surface area contributed by atoms with E-state index in [0.717, 1.165) is 18.2 Å². The molecule has 3 nitrogen and oxygen atoms in total. The van der Waals surface area contributed by atoms with Gasteiger partial charge in [0.25, 0.3) is 0 Å². The van der Waals surface area contributed by atoms with Gasteiger partial charge in [-0.3, -0.25) is 4.79 Å². The monoisotopic (exact) mass is 305 g/mol. The lowest BCUT2D eigenvalue weighted by Crippen LogP contribution is -2.10. The van der Waals surface area contributed by atoms with Crippen molar-refractivity contribution in [1.29, 1.82) is 0 Å². The molecule has 0 saturated carbocycles. The molecule has 2 N–H and O–H groups in total. The number of alkyl halides is 1. The van der Waals surface area contributed by atoms with Gasteiger partial charge in [0.05, 0.1) is 5.02 Å². The molecule has 1 rings (SSSR count). The number of phenolic OH excluding ortho intramolecular Hbond substituents is 1. The summed E-state index contributed by atoms with van der Waals surface area (Å²) in [5.41, 5.74) is 0.603. The van der Waals surface area contributed by atoms with Crippen molar-refractivity contribution >= 4 is 39.1 Å². The van der Waals surface area contributed by atoms with Crippen LogP contribution in [0.1, 0.15) is 19.3 Å². The SMILES string of the molecule is O=C(CCCCBr)Nc1ccc(O)c(Cl)c1. The van der Waals surface area contributed by atoms with Gasteiger partial charge in [-0.15, -0.1) is 0 Å². The smallest absolute Gasteiger partial charge is 0.224 e. The Hall–Kier alpha value is -0.740. The van der Waals surface area contributed by atoms with Crippen molar-refractivity contribution in [2.45, 2.75) is 19.3 Å². The molecule has 1 amide bonds. The summed E-state index contributed by atoms with van der Waals surface area (Å²) in [6.07, 6.45) is 2.32. The fourth-order valence-electron chi connectivity index (χ4n) is 1.19. The van der Waals surface area contributed by atoms with Crippen LogP contribution in [0.15, 0.2) is 18.2 Å². The van der Waals surface area contributed by atoms with Crippen molar-refractivity contribution in [1.82, 2.24) is 0 Å². The molecule has 0 aliphatic carbocycles. The van der Waals surface area contributed by atoms with E-state index < -0.39 is 0 Å². The van der Waals surface area contributed by atoms with Crippen LogP contribution < -0.4 is 5.32 Å². The number of carbonyl (C=O) groups is 1.